The summed E-state index contributed by atoms with van der Waals surface area (Å²) in [5.74, 6) is 2.12. The van der Waals surface area contributed by atoms with Crippen molar-refractivity contribution in [3.63, 3.8) is 0 Å². The number of fused-ring (bicyclic) bond motifs is 4. The number of para-hydroxylation sites is 1. The summed E-state index contributed by atoms with van der Waals surface area (Å²) in [7, 11) is -4.35. The molecule has 4 nitrogen and oxygen atoms in total. The summed E-state index contributed by atoms with van der Waals surface area (Å²) >= 11 is 2.93. The number of benzene rings is 12. The average Bonchev–Trinajstić information content (AvgIpc) is 3.42. The highest BCUT2D eigenvalue weighted by molar-refractivity contribution is 8.03. The molecule has 0 spiro atoms. The van der Waals surface area contributed by atoms with Gasteiger partial charge in [0.25, 0.3) is 0 Å². The third kappa shape index (κ3) is 8.38. The van der Waals surface area contributed by atoms with Crippen molar-refractivity contribution in [1.29, 1.82) is 0 Å². The molecule has 0 fully saturated rings. The molecule has 0 atom stereocenters. The maximum atomic E-state index is 16.3. The monoisotopic (exact) mass is 970 g/mol. The molecule has 0 bridgehead atoms. The van der Waals surface area contributed by atoms with Crippen LogP contribution in [0.1, 0.15) is 0 Å². The van der Waals surface area contributed by atoms with Gasteiger partial charge in [-0.2, -0.15) is 0 Å². The molecule has 0 aliphatic rings. The highest BCUT2D eigenvalue weighted by Gasteiger charge is 2.36. The van der Waals surface area contributed by atoms with E-state index in [1.165, 1.54) is 23.5 Å². The Balaban J connectivity index is 1.35. The van der Waals surface area contributed by atoms with E-state index >= 15 is 8.42 Å². The van der Waals surface area contributed by atoms with Gasteiger partial charge >= 0.3 is 0 Å². The molecule has 0 aliphatic carbocycles. The van der Waals surface area contributed by atoms with E-state index in [-0.39, 0.29) is 9.79 Å². The number of ether oxygens (including phenoxy) is 2. The topological polar surface area (TPSA) is 52.6 Å². The minimum atomic E-state index is -4.35. The molecule has 0 amide bonds. The molecule has 0 heterocycles. The third-order valence-electron chi connectivity index (χ3n) is 12.7. The van der Waals surface area contributed by atoms with Crippen LogP contribution in [0.3, 0.4) is 0 Å². The van der Waals surface area contributed by atoms with Crippen molar-refractivity contribution in [2.45, 2.75) is 29.4 Å². The Morgan fingerprint density at radius 1 is 0.380 bits per heavy atom. The summed E-state index contributed by atoms with van der Waals surface area (Å²) < 4.78 is 47.7. The van der Waals surface area contributed by atoms with Crippen molar-refractivity contribution < 1.29 is 17.9 Å². The fraction of sp³-hybridized carbons (Fsp3) is 0. The van der Waals surface area contributed by atoms with Crippen molar-refractivity contribution >= 4 is 76.5 Å². The van der Waals surface area contributed by atoms with Gasteiger partial charge in [0.1, 0.15) is 17.2 Å². The van der Waals surface area contributed by atoms with E-state index in [9.17, 15) is 0 Å². The fourth-order valence-electron chi connectivity index (χ4n) is 9.43. The van der Waals surface area contributed by atoms with Gasteiger partial charge in [0, 0.05) is 31.0 Å². The molecule has 12 aromatic carbocycles. The predicted molar refractivity (Wildman–Crippen MR) is 293 cm³/mol. The first-order valence-electron chi connectivity index (χ1n) is 23.3. The molecule has 0 aromatic heterocycles. The van der Waals surface area contributed by atoms with E-state index in [0.29, 0.717) is 43.6 Å². The highest BCUT2D eigenvalue weighted by atomic mass is 32.2. The van der Waals surface area contributed by atoms with Gasteiger partial charge in [-0.1, -0.05) is 224 Å². The number of rotatable bonds is 12. The molecule has 340 valence electrons. The summed E-state index contributed by atoms with van der Waals surface area (Å²) in [6.07, 6.45) is 0. The van der Waals surface area contributed by atoms with Gasteiger partial charge in [-0.05, 0) is 98.2 Å². The number of hydrogen-bond donors (Lipinski definition) is 0. The fourth-order valence-corrected chi connectivity index (χ4v) is 13.8. The zero-order valence-corrected chi connectivity index (χ0v) is 40.6. The summed E-state index contributed by atoms with van der Waals surface area (Å²) in [5, 5.41) is 6.99. The second-order valence-electron chi connectivity index (χ2n) is 17.1. The van der Waals surface area contributed by atoms with E-state index in [1.807, 2.05) is 121 Å². The van der Waals surface area contributed by atoms with Crippen LogP contribution in [0.15, 0.2) is 284 Å². The minimum absolute atomic E-state index is 0.153. The standard InChI is InChI=1S/C64H42O4S3/c65-71(66,49-34-11-4-12-35-49)64-55-42-54(46-22-5-1-6-23-46)58(53-39-19-27-43-24-13-16-36-50(43)53)60(67-47-30-7-2-8-31-47)59(55)61(68-56-40-20-28-44-25-14-17-37-51(44)56)62(69-48-32-9-3-10-33-48)63(64)70-57-41-21-29-45-26-15-18-38-52(45)57/h1-42H. The molecule has 12 aromatic rings. The van der Waals surface area contributed by atoms with Crippen LogP contribution in [0.25, 0.3) is 65.3 Å². The van der Waals surface area contributed by atoms with Gasteiger partial charge in [-0.15, -0.1) is 0 Å². The van der Waals surface area contributed by atoms with Crippen molar-refractivity contribution in [2.75, 3.05) is 0 Å². The summed E-state index contributed by atoms with van der Waals surface area (Å²) in [4.78, 5) is 3.28. The number of hydrogen-bond acceptors (Lipinski definition) is 6. The van der Waals surface area contributed by atoms with E-state index < -0.39 is 9.84 Å². The van der Waals surface area contributed by atoms with Gasteiger partial charge in [-0.25, -0.2) is 8.42 Å². The third-order valence-corrected chi connectivity index (χ3v) is 17.1. The normalized spacial score (nSPS) is 11.6. The first-order chi connectivity index (χ1) is 35.0. The summed E-state index contributed by atoms with van der Waals surface area (Å²) in [6, 6.07) is 84.2. The lowest BCUT2D eigenvalue weighted by atomic mass is 9.87. The van der Waals surface area contributed by atoms with Crippen LogP contribution < -0.4 is 9.47 Å². The zero-order chi connectivity index (χ0) is 47.7. The summed E-state index contributed by atoms with van der Waals surface area (Å²) in [6.45, 7) is 0. The van der Waals surface area contributed by atoms with Crippen LogP contribution in [0.4, 0.5) is 0 Å². The van der Waals surface area contributed by atoms with Crippen molar-refractivity contribution in [1.82, 2.24) is 0 Å². The molecule has 0 N–H and O–H groups in total. The smallest absolute Gasteiger partial charge is 0.208 e. The Labute approximate surface area is 421 Å². The lowest BCUT2D eigenvalue weighted by molar-refractivity contribution is 0.466. The Hall–Kier alpha value is -8.07. The second kappa shape index (κ2) is 19.0. The van der Waals surface area contributed by atoms with Gasteiger partial charge < -0.3 is 9.47 Å². The van der Waals surface area contributed by atoms with E-state index in [1.54, 1.807) is 24.3 Å². The van der Waals surface area contributed by atoms with Gasteiger partial charge in [0.2, 0.25) is 9.84 Å². The van der Waals surface area contributed by atoms with Crippen molar-refractivity contribution in [3.8, 4) is 45.3 Å². The number of sulfone groups is 1. The van der Waals surface area contributed by atoms with Crippen molar-refractivity contribution in [2.24, 2.45) is 0 Å². The molecule has 0 saturated heterocycles. The van der Waals surface area contributed by atoms with Crippen LogP contribution in [0, 0.1) is 0 Å². The zero-order valence-electron chi connectivity index (χ0n) is 38.1. The van der Waals surface area contributed by atoms with E-state index in [4.69, 9.17) is 9.47 Å². The molecule has 0 aliphatic heterocycles. The molecule has 0 radical (unpaired) electrons. The molecule has 71 heavy (non-hydrogen) atoms. The predicted octanol–water partition coefficient (Wildman–Crippen LogP) is 18.4. The molecular formula is C64H42O4S3. The van der Waals surface area contributed by atoms with Crippen LogP contribution >= 0.6 is 23.5 Å². The van der Waals surface area contributed by atoms with Crippen molar-refractivity contribution in [3.05, 3.63) is 255 Å². The van der Waals surface area contributed by atoms with E-state index in [2.05, 4.69) is 109 Å². The summed E-state index contributed by atoms with van der Waals surface area (Å²) in [5.41, 5.74) is 3.40. The lowest BCUT2D eigenvalue weighted by Gasteiger charge is -2.27. The van der Waals surface area contributed by atoms with Crippen LogP contribution in [-0.4, -0.2) is 8.42 Å². The quantitative estimate of drug-likeness (QED) is 0.122. The Morgan fingerprint density at radius 2 is 0.915 bits per heavy atom. The first-order valence-corrected chi connectivity index (χ1v) is 26.4. The second-order valence-corrected chi connectivity index (χ2v) is 21.1. The van der Waals surface area contributed by atoms with Gasteiger partial charge in [0.15, 0.2) is 5.75 Å². The molecule has 12 rings (SSSR count). The minimum Gasteiger partial charge on any atom is -0.456 e. The van der Waals surface area contributed by atoms with Crippen LogP contribution in [-0.2, 0) is 9.84 Å². The largest absolute Gasteiger partial charge is 0.456 e. The molecule has 7 heteroatoms. The Morgan fingerprint density at radius 3 is 1.62 bits per heavy atom. The average molecular weight is 971 g/mol. The maximum absolute atomic E-state index is 16.3. The highest BCUT2D eigenvalue weighted by Crippen LogP contribution is 2.59. The van der Waals surface area contributed by atoms with Crippen LogP contribution in [0.5, 0.6) is 23.0 Å². The first kappa shape index (κ1) is 44.2. The van der Waals surface area contributed by atoms with Gasteiger partial charge in [0.05, 0.1) is 20.1 Å². The van der Waals surface area contributed by atoms with Crippen LogP contribution in [0.2, 0.25) is 0 Å². The Bertz CT molecular complexity index is 4040. The molecule has 0 saturated carbocycles. The van der Waals surface area contributed by atoms with E-state index in [0.717, 1.165) is 64.4 Å². The molecule has 0 unspecified atom stereocenters. The Kier molecular flexibility index (Phi) is 11.8. The maximum Gasteiger partial charge on any atom is 0.208 e. The SMILES string of the molecule is O=S(=O)(c1ccccc1)c1c(Sc2cccc3ccccc23)c(Sc2ccccc2)c(Oc2cccc3ccccc23)c2c(Oc3ccccc3)c(-c3cccc4ccccc34)c(-c3ccccc3)cc12. The lowest BCUT2D eigenvalue weighted by Crippen LogP contribution is -2.08. The van der Waals surface area contributed by atoms with Gasteiger partial charge in [-0.3, -0.25) is 0 Å². The molecular weight excluding hydrogens is 929 g/mol.